The Morgan fingerprint density at radius 1 is 1.10 bits per heavy atom. The molecule has 2 aromatic rings. The third-order valence-electron chi connectivity index (χ3n) is 5.31. The van der Waals surface area contributed by atoms with Crippen molar-refractivity contribution in [1.82, 2.24) is 15.5 Å². The smallest absolute Gasteiger partial charge is 0.254 e. The first kappa shape index (κ1) is 21.9. The van der Waals surface area contributed by atoms with Crippen LogP contribution < -0.4 is 10.6 Å². The number of halogens is 2. The average Bonchev–Trinajstić information content (AvgIpc) is 2.71. The van der Waals surface area contributed by atoms with Crippen LogP contribution in [-0.4, -0.2) is 36.3 Å². The SMILES string of the molecule is CC1CCCN(Cc2ccccc2CNC(=O)CNC(=O)c2ccc(F)cc2F)C1. The summed E-state index contributed by atoms with van der Waals surface area (Å²) in [5, 5.41) is 5.15. The summed E-state index contributed by atoms with van der Waals surface area (Å²) in [5.41, 5.74) is 1.90. The Bertz CT molecular complexity index is 904. The zero-order valence-corrected chi connectivity index (χ0v) is 17.1. The Kier molecular flexibility index (Phi) is 7.52. The normalized spacial score (nSPS) is 16.8. The van der Waals surface area contributed by atoms with E-state index in [1.54, 1.807) is 0 Å². The lowest BCUT2D eigenvalue weighted by Crippen LogP contribution is -2.37. The van der Waals surface area contributed by atoms with Crippen molar-refractivity contribution in [2.45, 2.75) is 32.9 Å². The lowest BCUT2D eigenvalue weighted by molar-refractivity contribution is -0.120. The Labute approximate surface area is 175 Å². The van der Waals surface area contributed by atoms with Gasteiger partial charge in [-0.2, -0.15) is 0 Å². The second kappa shape index (κ2) is 10.3. The van der Waals surface area contributed by atoms with Gasteiger partial charge in [-0.05, 0) is 48.6 Å². The Morgan fingerprint density at radius 3 is 2.60 bits per heavy atom. The molecule has 1 fully saturated rings. The summed E-state index contributed by atoms with van der Waals surface area (Å²) in [6.07, 6.45) is 2.47. The molecule has 1 atom stereocenters. The van der Waals surface area contributed by atoms with E-state index in [0.717, 1.165) is 37.3 Å². The highest BCUT2D eigenvalue weighted by molar-refractivity contribution is 5.96. The van der Waals surface area contributed by atoms with Gasteiger partial charge in [0, 0.05) is 25.7 Å². The molecule has 0 bridgehead atoms. The van der Waals surface area contributed by atoms with Gasteiger partial charge in [-0.1, -0.05) is 31.2 Å². The van der Waals surface area contributed by atoms with Gasteiger partial charge in [0.25, 0.3) is 5.91 Å². The van der Waals surface area contributed by atoms with Gasteiger partial charge in [0.1, 0.15) is 11.6 Å². The number of benzene rings is 2. The molecule has 160 valence electrons. The number of piperidine rings is 1. The minimum atomic E-state index is -0.964. The molecule has 0 radical (unpaired) electrons. The molecular formula is C23H27F2N3O2. The van der Waals surface area contributed by atoms with Crippen LogP contribution in [0.15, 0.2) is 42.5 Å². The molecule has 1 saturated heterocycles. The Balaban J connectivity index is 1.50. The highest BCUT2D eigenvalue weighted by Gasteiger charge is 2.18. The molecule has 2 N–H and O–H groups in total. The number of carbonyl (C=O) groups excluding carboxylic acids is 2. The highest BCUT2D eigenvalue weighted by Crippen LogP contribution is 2.19. The summed E-state index contributed by atoms with van der Waals surface area (Å²) in [4.78, 5) is 26.6. The fraction of sp³-hybridized carbons (Fsp3) is 0.391. The number of likely N-dealkylation sites (tertiary alicyclic amines) is 1. The summed E-state index contributed by atoms with van der Waals surface area (Å²) in [7, 11) is 0. The molecular weight excluding hydrogens is 388 g/mol. The van der Waals surface area contributed by atoms with Crippen LogP contribution in [0.1, 0.15) is 41.3 Å². The predicted octanol–water partition coefficient (Wildman–Crippen LogP) is 3.24. The van der Waals surface area contributed by atoms with E-state index in [4.69, 9.17) is 0 Å². The van der Waals surface area contributed by atoms with E-state index in [-0.39, 0.29) is 18.0 Å². The molecule has 5 nitrogen and oxygen atoms in total. The molecule has 0 aliphatic carbocycles. The number of nitrogens with zero attached hydrogens (tertiary/aromatic N) is 1. The molecule has 1 heterocycles. The lowest BCUT2D eigenvalue weighted by atomic mass is 9.99. The average molecular weight is 415 g/mol. The van der Waals surface area contributed by atoms with Gasteiger partial charge < -0.3 is 10.6 Å². The molecule has 0 spiro atoms. The van der Waals surface area contributed by atoms with Crippen molar-refractivity contribution in [3.05, 3.63) is 70.8 Å². The first-order valence-electron chi connectivity index (χ1n) is 10.2. The van der Waals surface area contributed by atoms with Crippen LogP contribution in [0, 0.1) is 17.6 Å². The van der Waals surface area contributed by atoms with E-state index in [9.17, 15) is 18.4 Å². The van der Waals surface area contributed by atoms with E-state index in [0.29, 0.717) is 18.5 Å². The summed E-state index contributed by atoms with van der Waals surface area (Å²) in [6, 6.07) is 10.7. The van der Waals surface area contributed by atoms with E-state index >= 15 is 0 Å². The van der Waals surface area contributed by atoms with Crippen LogP contribution in [0.5, 0.6) is 0 Å². The largest absolute Gasteiger partial charge is 0.350 e. The first-order chi connectivity index (χ1) is 14.4. The van der Waals surface area contributed by atoms with E-state index in [2.05, 4.69) is 28.5 Å². The molecule has 3 rings (SSSR count). The Morgan fingerprint density at radius 2 is 1.87 bits per heavy atom. The number of carbonyl (C=O) groups is 2. The zero-order valence-electron chi connectivity index (χ0n) is 17.1. The van der Waals surface area contributed by atoms with Crippen molar-refractivity contribution >= 4 is 11.8 Å². The number of rotatable bonds is 7. The van der Waals surface area contributed by atoms with Crippen LogP contribution in [0.4, 0.5) is 8.78 Å². The van der Waals surface area contributed by atoms with E-state index in [1.165, 1.54) is 18.4 Å². The van der Waals surface area contributed by atoms with Crippen LogP contribution in [-0.2, 0) is 17.9 Å². The lowest BCUT2D eigenvalue weighted by Gasteiger charge is -2.31. The standard InChI is InChI=1S/C23H27F2N3O2/c1-16-5-4-10-28(14-16)15-18-7-3-2-6-17(18)12-26-22(29)13-27-23(30)20-9-8-19(24)11-21(20)25/h2-3,6-9,11,16H,4-5,10,12-15H2,1H3,(H,26,29)(H,27,30). The highest BCUT2D eigenvalue weighted by atomic mass is 19.1. The number of nitrogens with one attached hydrogen (secondary N) is 2. The fourth-order valence-electron chi connectivity index (χ4n) is 3.74. The Hall–Kier alpha value is -2.80. The molecule has 0 saturated carbocycles. The van der Waals surface area contributed by atoms with Crippen molar-refractivity contribution < 1.29 is 18.4 Å². The van der Waals surface area contributed by atoms with E-state index < -0.39 is 17.5 Å². The van der Waals surface area contributed by atoms with Gasteiger partial charge >= 0.3 is 0 Å². The maximum Gasteiger partial charge on any atom is 0.254 e. The minimum Gasteiger partial charge on any atom is -0.350 e. The van der Waals surface area contributed by atoms with Crippen molar-refractivity contribution in [3.63, 3.8) is 0 Å². The van der Waals surface area contributed by atoms with Gasteiger partial charge in [0.05, 0.1) is 12.1 Å². The van der Waals surface area contributed by atoms with Crippen molar-refractivity contribution in [2.75, 3.05) is 19.6 Å². The van der Waals surface area contributed by atoms with Crippen molar-refractivity contribution in [3.8, 4) is 0 Å². The number of hydrogen-bond acceptors (Lipinski definition) is 3. The maximum atomic E-state index is 13.7. The molecule has 1 unspecified atom stereocenters. The molecule has 1 aliphatic rings. The van der Waals surface area contributed by atoms with Crippen molar-refractivity contribution in [2.24, 2.45) is 5.92 Å². The second-order valence-corrected chi connectivity index (χ2v) is 7.83. The van der Waals surface area contributed by atoms with Crippen LogP contribution in [0.3, 0.4) is 0 Å². The van der Waals surface area contributed by atoms with Crippen molar-refractivity contribution in [1.29, 1.82) is 0 Å². The second-order valence-electron chi connectivity index (χ2n) is 7.83. The van der Waals surface area contributed by atoms with Gasteiger partial charge in [-0.3, -0.25) is 14.5 Å². The molecule has 2 aromatic carbocycles. The third-order valence-corrected chi connectivity index (χ3v) is 5.31. The van der Waals surface area contributed by atoms with Crippen LogP contribution in [0.2, 0.25) is 0 Å². The summed E-state index contributed by atoms with van der Waals surface area (Å²) in [5.74, 6) is -2.18. The van der Waals surface area contributed by atoms with Gasteiger partial charge in [-0.25, -0.2) is 8.78 Å². The fourth-order valence-corrected chi connectivity index (χ4v) is 3.74. The quantitative estimate of drug-likeness (QED) is 0.730. The van der Waals surface area contributed by atoms with Gasteiger partial charge in [0.15, 0.2) is 0 Å². The predicted molar refractivity (Wildman–Crippen MR) is 111 cm³/mol. The zero-order chi connectivity index (χ0) is 21.5. The molecule has 7 heteroatoms. The third kappa shape index (κ3) is 6.10. The topological polar surface area (TPSA) is 61.4 Å². The van der Waals surface area contributed by atoms with Gasteiger partial charge in [-0.15, -0.1) is 0 Å². The van der Waals surface area contributed by atoms with E-state index in [1.807, 2.05) is 18.2 Å². The monoisotopic (exact) mass is 415 g/mol. The first-order valence-corrected chi connectivity index (χ1v) is 10.2. The molecule has 2 amide bonds. The summed E-state index contributed by atoms with van der Waals surface area (Å²) >= 11 is 0. The van der Waals surface area contributed by atoms with Crippen LogP contribution in [0.25, 0.3) is 0 Å². The molecule has 1 aliphatic heterocycles. The maximum absolute atomic E-state index is 13.7. The molecule has 30 heavy (non-hydrogen) atoms. The summed E-state index contributed by atoms with van der Waals surface area (Å²) < 4.78 is 26.6. The minimum absolute atomic E-state index is 0.290. The van der Waals surface area contributed by atoms with Crippen LogP contribution >= 0.6 is 0 Å². The summed E-state index contributed by atoms with van der Waals surface area (Å²) in [6.45, 7) is 5.33. The number of amides is 2. The van der Waals surface area contributed by atoms with Gasteiger partial charge in [0.2, 0.25) is 5.91 Å². The number of hydrogen-bond donors (Lipinski definition) is 2. The molecule has 0 aromatic heterocycles.